The fourth-order valence-corrected chi connectivity index (χ4v) is 1.11. The first-order valence-electron chi connectivity index (χ1n) is 6.11. The van der Waals surface area contributed by atoms with Crippen LogP contribution in [0.5, 0.6) is 0 Å². The molecule has 1 aromatic rings. The molecule has 0 atom stereocenters. The van der Waals surface area contributed by atoms with Crippen molar-refractivity contribution in [1.82, 2.24) is 0 Å². The molecule has 0 fully saturated rings. The summed E-state index contributed by atoms with van der Waals surface area (Å²) in [7, 11) is 0. The molecule has 4 heteroatoms. The van der Waals surface area contributed by atoms with E-state index in [4.69, 9.17) is 5.73 Å². The molecule has 0 unspecified atom stereocenters. The Bertz CT molecular complexity index is 399. The minimum absolute atomic E-state index is 0. The monoisotopic (exact) mass is 347 g/mol. The van der Waals surface area contributed by atoms with Gasteiger partial charge in [-0.15, -0.1) is 23.6 Å². The topological polar surface area (TPSA) is 23.8 Å². The van der Waals surface area contributed by atoms with E-state index >= 15 is 0 Å². The molecule has 0 bridgehead atoms. The molecule has 1 aliphatic carbocycles. The zero-order valence-electron chi connectivity index (χ0n) is 12.8. The quantitative estimate of drug-likeness (QED) is 0.409. The zero-order chi connectivity index (χ0) is 14.2. The molecule has 1 aliphatic rings. The molecule has 1 nitrogen and oxygen atoms in total. The average molecular weight is 348 g/mol. The van der Waals surface area contributed by atoms with Crippen molar-refractivity contribution in [2.45, 2.75) is 46.6 Å². The van der Waals surface area contributed by atoms with E-state index in [1.807, 2.05) is 20.8 Å². The van der Waals surface area contributed by atoms with Crippen molar-refractivity contribution < 1.29 is 44.8 Å². The van der Waals surface area contributed by atoms with Gasteiger partial charge in [0.05, 0.1) is 0 Å². The van der Waals surface area contributed by atoms with E-state index in [0.717, 1.165) is 6.42 Å². The maximum atomic E-state index is 6.94. The summed E-state index contributed by atoms with van der Waals surface area (Å²) >= 11 is 2.08. The third-order valence-corrected chi connectivity index (χ3v) is 1.61. The van der Waals surface area contributed by atoms with Crippen LogP contribution in [0.25, 0.3) is 11.8 Å². The summed E-state index contributed by atoms with van der Waals surface area (Å²) in [5.41, 5.74) is 9.42. The molecule has 0 aliphatic heterocycles. The Morgan fingerprint density at radius 2 is 1.55 bits per heavy atom. The summed E-state index contributed by atoms with van der Waals surface area (Å²) in [5, 5.41) is 0. The second-order valence-electron chi connectivity index (χ2n) is 5.47. The van der Waals surface area contributed by atoms with Gasteiger partial charge < -0.3 is 30.5 Å². The van der Waals surface area contributed by atoms with Crippen LogP contribution >= 0.6 is 0 Å². The third-order valence-electron chi connectivity index (χ3n) is 1.61. The van der Waals surface area contributed by atoms with Gasteiger partial charge in [-0.05, 0) is 0 Å². The standard InChI is InChI=1S/C9H7.C4H10N.C3H6.2ClH.Ti/c1-2-5-9-7-3-6-8(9)4-1;1-4(2,3)5;1-3-2;;;/h1-2,4-6H,7H2;5H,1-3H3;1-2H3;2*1H;/q2*-1;;;;+2/p-2. The molecule has 0 amide bonds. The third kappa shape index (κ3) is 18.1. The number of benzene rings is 1. The second-order valence-corrected chi connectivity index (χ2v) is 7.04. The van der Waals surface area contributed by atoms with Crippen LogP contribution in [0.1, 0.15) is 45.7 Å². The Labute approximate surface area is 148 Å². The molecular weight excluding hydrogens is 325 g/mol. The Morgan fingerprint density at radius 1 is 1.15 bits per heavy atom. The van der Waals surface area contributed by atoms with E-state index < -0.39 is 0 Å². The maximum absolute atomic E-state index is 6.94. The Balaban J connectivity index is -0.000000232. The summed E-state index contributed by atoms with van der Waals surface area (Å²) in [6.45, 7) is 9.73. The van der Waals surface area contributed by atoms with Crippen LogP contribution in [0.2, 0.25) is 0 Å². The van der Waals surface area contributed by atoms with Crippen molar-refractivity contribution in [2.75, 3.05) is 0 Å². The fraction of sp³-hybridized carbons (Fsp3) is 0.438. The van der Waals surface area contributed by atoms with Gasteiger partial charge in [-0.3, -0.25) is 6.08 Å². The number of hydrogen-bond donors (Lipinski definition) is 0. The first kappa shape index (κ1) is 25.1. The average Bonchev–Trinajstić information content (AvgIpc) is 2.61. The van der Waals surface area contributed by atoms with Crippen LogP contribution in [0.4, 0.5) is 0 Å². The molecule has 1 N–H and O–H groups in total. The smallest absolute Gasteiger partial charge is 0.0650 e. The second kappa shape index (κ2) is 12.8. The first-order chi connectivity index (χ1) is 8.20. The predicted molar refractivity (Wildman–Crippen MR) is 78.3 cm³/mol. The van der Waals surface area contributed by atoms with Gasteiger partial charge in [-0.25, -0.2) is 6.08 Å². The van der Waals surface area contributed by atoms with E-state index in [0.29, 0.717) is 0 Å². The Morgan fingerprint density at radius 3 is 1.95 bits per heavy atom. The largest absolute Gasteiger partial charge is 1.00 e. The van der Waals surface area contributed by atoms with Crippen molar-refractivity contribution in [1.29, 1.82) is 0 Å². The Kier molecular flexibility index (Phi) is 16.0. The number of rotatable bonds is 0. The Hall–Kier alpha value is 0.0843. The molecule has 0 aromatic heterocycles. The summed E-state index contributed by atoms with van der Waals surface area (Å²) in [4.78, 5) is 0. The normalized spacial score (nSPS) is 10.6. The summed E-state index contributed by atoms with van der Waals surface area (Å²) in [6, 6.07) is 8.39. The van der Waals surface area contributed by atoms with Gasteiger partial charge in [0.1, 0.15) is 0 Å². The van der Waals surface area contributed by atoms with Gasteiger partial charge in [0.2, 0.25) is 0 Å². The van der Waals surface area contributed by atoms with Crippen LogP contribution in [0, 0.1) is 6.08 Å². The molecule has 0 radical (unpaired) electrons. The molecule has 0 saturated carbocycles. The van der Waals surface area contributed by atoms with Gasteiger partial charge in [0, 0.05) is 0 Å². The molecule has 112 valence electrons. The van der Waals surface area contributed by atoms with E-state index in [2.05, 4.69) is 70.2 Å². The van der Waals surface area contributed by atoms with E-state index in [-0.39, 0.29) is 30.4 Å². The van der Waals surface area contributed by atoms with Gasteiger partial charge in [-0.2, -0.15) is 5.56 Å². The van der Waals surface area contributed by atoms with Gasteiger partial charge in [0.25, 0.3) is 0 Å². The van der Waals surface area contributed by atoms with E-state index in [1.165, 1.54) is 14.9 Å². The predicted octanol–water partition coefficient (Wildman–Crippen LogP) is -1.35. The molecule has 20 heavy (non-hydrogen) atoms. The van der Waals surface area contributed by atoms with Crippen molar-refractivity contribution in [3.05, 3.63) is 47.2 Å². The van der Waals surface area contributed by atoms with Gasteiger partial charge in [-0.1, -0.05) is 39.0 Å². The van der Waals surface area contributed by atoms with Gasteiger partial charge in [0.15, 0.2) is 0 Å². The maximum Gasteiger partial charge on any atom is -0.0650 e. The minimum atomic E-state index is -0.250. The van der Waals surface area contributed by atoms with Crippen molar-refractivity contribution in [3.63, 3.8) is 0 Å². The molecule has 0 spiro atoms. The van der Waals surface area contributed by atoms with Crippen molar-refractivity contribution in [3.8, 4) is 0 Å². The van der Waals surface area contributed by atoms with Crippen LogP contribution in [-0.2, 0) is 26.4 Å². The zero-order valence-corrected chi connectivity index (χ0v) is 15.9. The molecule has 1 aromatic carbocycles. The van der Waals surface area contributed by atoms with E-state index in [1.54, 1.807) is 0 Å². The molecular formula is C16H23Cl2NTi-2. The number of allylic oxidation sites excluding steroid dienone is 1. The summed E-state index contributed by atoms with van der Waals surface area (Å²) in [6.07, 6.45) is 6.21. The van der Waals surface area contributed by atoms with Crippen LogP contribution < -0.4 is 24.8 Å². The molecule has 0 saturated heterocycles. The molecule has 0 heterocycles. The number of nitrogens with one attached hydrogen (secondary N) is 1. The summed E-state index contributed by atoms with van der Waals surface area (Å²) in [5.74, 6) is 0. The number of halogens is 2. The van der Waals surface area contributed by atoms with Crippen LogP contribution in [0.15, 0.2) is 24.3 Å². The number of hydrogen-bond acceptors (Lipinski definition) is 0. The van der Waals surface area contributed by atoms with Gasteiger partial charge >= 0.3 is 37.6 Å². The fourth-order valence-electron chi connectivity index (χ4n) is 1.11. The first-order valence-corrected chi connectivity index (χ1v) is 6.89. The minimum Gasteiger partial charge on any atom is -1.00 e. The SMILES string of the molecule is CC(C)(C)[NH-].C[C](C)=[Ti+2].[C-]1=Cc2ccccc2C1.[Cl-].[Cl-]. The molecule has 2 rings (SSSR count). The number of fused-ring (bicyclic) bond motifs is 1. The van der Waals surface area contributed by atoms with Crippen LogP contribution in [-0.4, -0.2) is 9.35 Å². The van der Waals surface area contributed by atoms with Crippen molar-refractivity contribution in [2.24, 2.45) is 0 Å². The van der Waals surface area contributed by atoms with E-state index in [9.17, 15) is 0 Å². The van der Waals surface area contributed by atoms with Crippen LogP contribution in [0.3, 0.4) is 0 Å². The van der Waals surface area contributed by atoms with Crippen molar-refractivity contribution >= 4 is 9.89 Å². The summed E-state index contributed by atoms with van der Waals surface area (Å²) < 4.78 is 1.42.